The van der Waals surface area contributed by atoms with E-state index < -0.39 is 0 Å². The lowest BCUT2D eigenvalue weighted by Gasteiger charge is -2.45. The molecule has 4 heteroatoms. The van der Waals surface area contributed by atoms with Gasteiger partial charge in [-0.3, -0.25) is 4.90 Å². The van der Waals surface area contributed by atoms with Crippen molar-refractivity contribution in [2.75, 3.05) is 53.0 Å². The largest absolute Gasteiger partial charge is 0.381 e. The van der Waals surface area contributed by atoms with Crippen molar-refractivity contribution in [1.82, 2.24) is 15.1 Å². The molecule has 0 spiro atoms. The second kappa shape index (κ2) is 6.53. The van der Waals surface area contributed by atoms with Gasteiger partial charge >= 0.3 is 0 Å². The number of ether oxygens (including phenoxy) is 1. The highest BCUT2D eigenvalue weighted by atomic mass is 16.5. The summed E-state index contributed by atoms with van der Waals surface area (Å²) in [5, 5.41) is 3.48. The number of rotatable bonds is 3. The van der Waals surface area contributed by atoms with Crippen molar-refractivity contribution in [2.45, 2.75) is 37.8 Å². The number of hydrogen-bond donors (Lipinski definition) is 1. The molecule has 0 saturated carbocycles. The maximum Gasteiger partial charge on any atom is 0.0521 e. The Kier molecular flexibility index (Phi) is 4.74. The summed E-state index contributed by atoms with van der Waals surface area (Å²) < 4.78 is 5.69. The number of piperazine rings is 1. The van der Waals surface area contributed by atoms with Crippen LogP contribution >= 0.6 is 0 Å². The van der Waals surface area contributed by atoms with E-state index in [9.17, 15) is 0 Å². The van der Waals surface area contributed by atoms with Gasteiger partial charge in [-0.2, -0.15) is 0 Å². The Morgan fingerprint density at radius 3 is 3.00 bits per heavy atom. The Bertz CT molecular complexity index is 287. The lowest BCUT2D eigenvalue weighted by Crippen LogP contribution is -2.57. The number of nitrogens with one attached hydrogen (secondary N) is 1. The highest BCUT2D eigenvalue weighted by Gasteiger charge is 2.32. The Hall–Kier alpha value is -0.160. The summed E-state index contributed by atoms with van der Waals surface area (Å²) in [5.74, 6) is 0.675. The lowest BCUT2D eigenvalue weighted by atomic mass is 9.93. The van der Waals surface area contributed by atoms with Gasteiger partial charge in [0.1, 0.15) is 0 Å². The van der Waals surface area contributed by atoms with Crippen molar-refractivity contribution < 1.29 is 4.74 Å². The molecule has 110 valence electrons. The zero-order valence-corrected chi connectivity index (χ0v) is 12.3. The molecule has 0 aromatic carbocycles. The molecule has 0 amide bonds. The third-order valence-electron chi connectivity index (χ3n) is 5.26. The van der Waals surface area contributed by atoms with Crippen LogP contribution < -0.4 is 5.32 Å². The molecule has 3 fully saturated rings. The minimum Gasteiger partial charge on any atom is -0.381 e. The number of nitrogens with zero attached hydrogens (tertiary/aromatic N) is 2. The second-order valence-electron chi connectivity index (χ2n) is 6.46. The highest BCUT2D eigenvalue weighted by molar-refractivity contribution is 4.88. The van der Waals surface area contributed by atoms with Gasteiger partial charge in [0.15, 0.2) is 0 Å². The van der Waals surface area contributed by atoms with Crippen molar-refractivity contribution >= 4 is 0 Å². The third kappa shape index (κ3) is 3.30. The molecule has 0 aromatic heterocycles. The summed E-state index contributed by atoms with van der Waals surface area (Å²) in [6, 6.07) is 1.48. The van der Waals surface area contributed by atoms with Crippen molar-refractivity contribution in [3.05, 3.63) is 0 Å². The Morgan fingerprint density at radius 1 is 1.16 bits per heavy atom. The van der Waals surface area contributed by atoms with Gasteiger partial charge in [-0.1, -0.05) is 6.42 Å². The van der Waals surface area contributed by atoms with Crippen LogP contribution in [0, 0.1) is 5.92 Å². The normalized spacial score (nSPS) is 38.1. The van der Waals surface area contributed by atoms with Crippen LogP contribution in [0.2, 0.25) is 0 Å². The van der Waals surface area contributed by atoms with Gasteiger partial charge in [-0.05, 0) is 32.9 Å². The second-order valence-corrected chi connectivity index (χ2v) is 6.46. The molecular formula is C15H29N3O. The van der Waals surface area contributed by atoms with Gasteiger partial charge in [-0.25, -0.2) is 0 Å². The van der Waals surface area contributed by atoms with E-state index in [1.54, 1.807) is 0 Å². The summed E-state index contributed by atoms with van der Waals surface area (Å²) >= 11 is 0. The average Bonchev–Trinajstić information content (AvgIpc) is 2.48. The third-order valence-corrected chi connectivity index (χ3v) is 5.26. The van der Waals surface area contributed by atoms with Gasteiger partial charge in [0.2, 0.25) is 0 Å². The number of hydrogen-bond acceptors (Lipinski definition) is 4. The standard InChI is InChI=1S/C15H29N3O/c1-16-15-5-9-19-12-13(15)10-17-7-8-18-6-3-2-4-14(18)11-17/h13-16H,2-12H2,1H3. The fourth-order valence-corrected chi connectivity index (χ4v) is 4.07. The van der Waals surface area contributed by atoms with E-state index in [0.29, 0.717) is 12.0 Å². The van der Waals surface area contributed by atoms with Crippen molar-refractivity contribution in [2.24, 2.45) is 5.92 Å². The zero-order chi connectivity index (χ0) is 13.1. The molecule has 0 aromatic rings. The Labute approximate surface area is 117 Å². The number of fused-ring (bicyclic) bond motifs is 1. The van der Waals surface area contributed by atoms with Crippen LogP contribution in [0.4, 0.5) is 0 Å². The van der Waals surface area contributed by atoms with Gasteiger partial charge in [0, 0.05) is 50.8 Å². The molecule has 3 aliphatic rings. The number of piperidine rings is 1. The first kappa shape index (κ1) is 13.8. The predicted molar refractivity (Wildman–Crippen MR) is 77.4 cm³/mol. The summed E-state index contributed by atoms with van der Waals surface area (Å²) in [6.07, 6.45) is 5.42. The summed E-state index contributed by atoms with van der Waals surface area (Å²) in [5.41, 5.74) is 0. The summed E-state index contributed by atoms with van der Waals surface area (Å²) in [7, 11) is 2.10. The minimum atomic E-state index is 0.651. The van der Waals surface area contributed by atoms with Gasteiger partial charge in [0.25, 0.3) is 0 Å². The van der Waals surface area contributed by atoms with Crippen molar-refractivity contribution in [3.63, 3.8) is 0 Å². The first-order valence-corrected chi connectivity index (χ1v) is 8.08. The minimum absolute atomic E-state index is 0.651. The van der Waals surface area contributed by atoms with Crippen molar-refractivity contribution in [3.8, 4) is 0 Å². The zero-order valence-electron chi connectivity index (χ0n) is 12.3. The van der Waals surface area contributed by atoms with Crippen molar-refractivity contribution in [1.29, 1.82) is 0 Å². The molecule has 0 aliphatic carbocycles. The summed E-state index contributed by atoms with van der Waals surface area (Å²) in [4.78, 5) is 5.41. The fraction of sp³-hybridized carbons (Fsp3) is 1.00. The van der Waals surface area contributed by atoms with E-state index in [1.807, 2.05) is 0 Å². The molecule has 19 heavy (non-hydrogen) atoms. The Balaban J connectivity index is 1.52. The fourth-order valence-electron chi connectivity index (χ4n) is 4.07. The Morgan fingerprint density at radius 2 is 2.11 bits per heavy atom. The molecular weight excluding hydrogens is 238 g/mol. The molecule has 3 unspecified atom stereocenters. The molecule has 1 N–H and O–H groups in total. The molecule has 4 nitrogen and oxygen atoms in total. The maximum atomic E-state index is 5.69. The molecule has 0 bridgehead atoms. The molecule has 3 saturated heterocycles. The van der Waals surface area contributed by atoms with Gasteiger partial charge in [0.05, 0.1) is 6.61 Å². The van der Waals surface area contributed by atoms with Crippen LogP contribution in [0.15, 0.2) is 0 Å². The predicted octanol–water partition coefficient (Wildman–Crippen LogP) is 0.781. The first-order valence-electron chi connectivity index (χ1n) is 8.08. The van der Waals surface area contributed by atoms with Crippen LogP contribution in [0.1, 0.15) is 25.7 Å². The van der Waals surface area contributed by atoms with Crippen LogP contribution in [-0.2, 0) is 4.74 Å². The van der Waals surface area contributed by atoms with E-state index in [-0.39, 0.29) is 0 Å². The van der Waals surface area contributed by atoms with Gasteiger partial charge < -0.3 is 15.0 Å². The molecule has 3 atom stereocenters. The average molecular weight is 267 g/mol. The van der Waals surface area contributed by atoms with Gasteiger partial charge in [-0.15, -0.1) is 0 Å². The SMILES string of the molecule is CNC1CCOCC1CN1CCN2CCCCC2C1. The van der Waals surface area contributed by atoms with E-state index in [2.05, 4.69) is 22.2 Å². The molecule has 3 heterocycles. The molecule has 0 radical (unpaired) electrons. The van der Waals surface area contributed by atoms with Crippen LogP contribution in [0.25, 0.3) is 0 Å². The smallest absolute Gasteiger partial charge is 0.0521 e. The van der Waals surface area contributed by atoms with E-state index in [0.717, 1.165) is 19.3 Å². The lowest BCUT2D eigenvalue weighted by molar-refractivity contribution is -0.00482. The molecule has 3 rings (SSSR count). The van der Waals surface area contributed by atoms with Crippen LogP contribution in [0.5, 0.6) is 0 Å². The van der Waals surface area contributed by atoms with Crippen LogP contribution in [-0.4, -0.2) is 74.9 Å². The monoisotopic (exact) mass is 267 g/mol. The first-order chi connectivity index (χ1) is 9.36. The quantitative estimate of drug-likeness (QED) is 0.818. The highest BCUT2D eigenvalue weighted by Crippen LogP contribution is 2.23. The van der Waals surface area contributed by atoms with Crippen LogP contribution in [0.3, 0.4) is 0 Å². The maximum absolute atomic E-state index is 5.69. The molecule has 3 aliphatic heterocycles. The van der Waals surface area contributed by atoms with E-state index in [1.165, 1.54) is 58.4 Å². The van der Waals surface area contributed by atoms with E-state index >= 15 is 0 Å². The topological polar surface area (TPSA) is 27.7 Å². The van der Waals surface area contributed by atoms with E-state index in [4.69, 9.17) is 4.74 Å². The summed E-state index contributed by atoms with van der Waals surface area (Å²) in [6.45, 7) is 8.24.